The highest BCUT2D eigenvalue weighted by atomic mass is 16.2. The second-order valence-corrected chi connectivity index (χ2v) is 6.69. The number of likely N-dealkylation sites (tertiary alicyclic amines) is 1. The van der Waals surface area contributed by atoms with Crippen molar-refractivity contribution in [1.82, 2.24) is 4.90 Å². The number of hydrogen-bond donors (Lipinski definition) is 2. The maximum absolute atomic E-state index is 12.1. The number of primary amides is 1. The molecule has 2 atom stereocenters. The van der Waals surface area contributed by atoms with Crippen LogP contribution < -0.4 is 11.5 Å². The first-order chi connectivity index (χ1) is 9.18. The van der Waals surface area contributed by atoms with E-state index < -0.39 is 16.9 Å². The second kappa shape index (κ2) is 4.84. The predicted molar refractivity (Wildman–Crippen MR) is 73.2 cm³/mol. The van der Waals surface area contributed by atoms with Gasteiger partial charge in [0.05, 0.1) is 11.0 Å². The summed E-state index contributed by atoms with van der Waals surface area (Å²) in [5, 5.41) is 0. The fraction of sp³-hybridized carbons (Fsp3) is 0.786. The van der Waals surface area contributed by atoms with Crippen molar-refractivity contribution in [2.45, 2.75) is 51.5 Å². The average molecular weight is 281 g/mol. The maximum atomic E-state index is 12.1. The molecule has 6 heteroatoms. The lowest BCUT2D eigenvalue weighted by atomic mass is 9.85. The summed E-state index contributed by atoms with van der Waals surface area (Å²) in [6, 6.07) is 0. The molecule has 112 valence electrons. The third kappa shape index (κ3) is 2.32. The third-order valence-corrected chi connectivity index (χ3v) is 4.75. The van der Waals surface area contributed by atoms with Gasteiger partial charge in [0.1, 0.15) is 0 Å². The first-order valence-corrected chi connectivity index (χ1v) is 7.12. The van der Waals surface area contributed by atoms with Crippen LogP contribution in [0.15, 0.2) is 0 Å². The fourth-order valence-corrected chi connectivity index (χ4v) is 3.37. The lowest BCUT2D eigenvalue weighted by Gasteiger charge is -2.29. The molecule has 0 aromatic heterocycles. The summed E-state index contributed by atoms with van der Waals surface area (Å²) in [5.41, 5.74) is 9.88. The van der Waals surface area contributed by atoms with E-state index >= 15 is 0 Å². The van der Waals surface area contributed by atoms with Crippen LogP contribution in [0.2, 0.25) is 0 Å². The SMILES string of the molecule is CC1(C)CC(=O)N(CCC2CCCC2(N)C(N)=O)C1=O. The van der Waals surface area contributed by atoms with Crippen LogP contribution in [0.5, 0.6) is 0 Å². The summed E-state index contributed by atoms with van der Waals surface area (Å²) in [5.74, 6) is -0.814. The van der Waals surface area contributed by atoms with Gasteiger partial charge in [0.25, 0.3) is 0 Å². The zero-order chi connectivity index (χ0) is 15.1. The van der Waals surface area contributed by atoms with E-state index in [-0.39, 0.29) is 24.2 Å². The average Bonchev–Trinajstić information content (AvgIpc) is 2.79. The monoisotopic (exact) mass is 281 g/mol. The number of amides is 3. The second-order valence-electron chi connectivity index (χ2n) is 6.69. The molecule has 6 nitrogen and oxygen atoms in total. The lowest BCUT2D eigenvalue weighted by Crippen LogP contribution is -2.55. The highest BCUT2D eigenvalue weighted by molar-refractivity contribution is 6.05. The molecule has 0 aromatic carbocycles. The van der Waals surface area contributed by atoms with Gasteiger partial charge in [-0.2, -0.15) is 0 Å². The lowest BCUT2D eigenvalue weighted by molar-refractivity contribution is -0.141. The van der Waals surface area contributed by atoms with Gasteiger partial charge in [-0.15, -0.1) is 0 Å². The molecular weight excluding hydrogens is 258 g/mol. The molecule has 0 bridgehead atoms. The molecule has 0 aromatic rings. The maximum Gasteiger partial charge on any atom is 0.237 e. The van der Waals surface area contributed by atoms with E-state index in [1.54, 1.807) is 13.8 Å². The fourth-order valence-electron chi connectivity index (χ4n) is 3.37. The Morgan fingerprint density at radius 3 is 2.55 bits per heavy atom. The normalized spacial score (nSPS) is 33.0. The molecule has 1 saturated heterocycles. The largest absolute Gasteiger partial charge is 0.368 e. The zero-order valence-electron chi connectivity index (χ0n) is 12.1. The highest BCUT2D eigenvalue weighted by Gasteiger charge is 2.47. The van der Waals surface area contributed by atoms with Gasteiger partial charge in [0.15, 0.2) is 0 Å². The molecule has 1 aliphatic carbocycles. The molecule has 2 unspecified atom stereocenters. The van der Waals surface area contributed by atoms with E-state index in [2.05, 4.69) is 0 Å². The van der Waals surface area contributed by atoms with E-state index in [9.17, 15) is 14.4 Å². The third-order valence-electron chi connectivity index (χ3n) is 4.75. The van der Waals surface area contributed by atoms with Crippen LogP contribution in [0.3, 0.4) is 0 Å². The minimum atomic E-state index is -0.985. The predicted octanol–water partition coefficient (Wildman–Crippen LogP) is 0.145. The zero-order valence-corrected chi connectivity index (χ0v) is 12.1. The Morgan fingerprint density at radius 2 is 2.05 bits per heavy atom. The number of nitrogens with two attached hydrogens (primary N) is 2. The molecule has 2 fully saturated rings. The van der Waals surface area contributed by atoms with Gasteiger partial charge in [-0.25, -0.2) is 0 Å². The number of rotatable bonds is 4. The van der Waals surface area contributed by atoms with Gasteiger partial charge >= 0.3 is 0 Å². The molecule has 2 rings (SSSR count). The van der Waals surface area contributed by atoms with E-state index in [0.717, 1.165) is 12.8 Å². The Kier molecular flexibility index (Phi) is 3.62. The van der Waals surface area contributed by atoms with Crippen molar-refractivity contribution in [3.63, 3.8) is 0 Å². The van der Waals surface area contributed by atoms with Gasteiger partial charge in [-0.05, 0) is 25.2 Å². The summed E-state index contributed by atoms with van der Waals surface area (Å²) in [4.78, 5) is 36.8. The van der Waals surface area contributed by atoms with Gasteiger partial charge in [0, 0.05) is 13.0 Å². The van der Waals surface area contributed by atoms with E-state index in [1.165, 1.54) is 4.90 Å². The summed E-state index contributed by atoms with van der Waals surface area (Å²) >= 11 is 0. The molecule has 0 radical (unpaired) electrons. The Hall–Kier alpha value is -1.43. The van der Waals surface area contributed by atoms with Crippen LogP contribution in [-0.4, -0.2) is 34.7 Å². The Bertz CT molecular complexity index is 461. The van der Waals surface area contributed by atoms with Crippen molar-refractivity contribution in [1.29, 1.82) is 0 Å². The summed E-state index contributed by atoms with van der Waals surface area (Å²) in [6.07, 6.45) is 3.06. The van der Waals surface area contributed by atoms with Crippen LogP contribution in [0.25, 0.3) is 0 Å². The number of carbonyl (C=O) groups is 3. The Balaban J connectivity index is 2.01. The molecule has 0 spiro atoms. The molecule has 1 aliphatic heterocycles. The van der Waals surface area contributed by atoms with Crippen molar-refractivity contribution in [2.24, 2.45) is 22.8 Å². The van der Waals surface area contributed by atoms with Crippen LogP contribution in [0, 0.1) is 11.3 Å². The number of hydrogen-bond acceptors (Lipinski definition) is 4. The summed E-state index contributed by atoms with van der Waals surface area (Å²) < 4.78 is 0. The molecule has 1 saturated carbocycles. The Labute approximate surface area is 118 Å². The van der Waals surface area contributed by atoms with Crippen LogP contribution in [0.1, 0.15) is 46.0 Å². The molecule has 4 N–H and O–H groups in total. The van der Waals surface area contributed by atoms with Crippen LogP contribution in [0.4, 0.5) is 0 Å². The van der Waals surface area contributed by atoms with E-state index in [4.69, 9.17) is 11.5 Å². The molecule has 20 heavy (non-hydrogen) atoms. The first kappa shape index (κ1) is 15.0. The first-order valence-electron chi connectivity index (χ1n) is 7.12. The van der Waals surface area contributed by atoms with Crippen molar-refractivity contribution >= 4 is 17.7 Å². The molecule has 1 heterocycles. The molecule has 3 amide bonds. The van der Waals surface area contributed by atoms with Crippen LogP contribution in [-0.2, 0) is 14.4 Å². The summed E-state index contributed by atoms with van der Waals surface area (Å²) in [7, 11) is 0. The topological polar surface area (TPSA) is 106 Å². The van der Waals surface area contributed by atoms with E-state index in [1.807, 2.05) is 0 Å². The van der Waals surface area contributed by atoms with Crippen molar-refractivity contribution in [3.8, 4) is 0 Å². The van der Waals surface area contributed by atoms with Gasteiger partial charge < -0.3 is 11.5 Å². The Morgan fingerprint density at radius 1 is 1.40 bits per heavy atom. The summed E-state index contributed by atoms with van der Waals surface area (Å²) in [6.45, 7) is 3.89. The number of imide groups is 1. The minimum absolute atomic E-state index is 0.0516. The van der Waals surface area contributed by atoms with Crippen molar-refractivity contribution < 1.29 is 14.4 Å². The van der Waals surface area contributed by atoms with Crippen molar-refractivity contribution in [3.05, 3.63) is 0 Å². The van der Waals surface area contributed by atoms with Gasteiger partial charge in [-0.3, -0.25) is 19.3 Å². The molecular formula is C14H23N3O3. The quantitative estimate of drug-likeness (QED) is 0.715. The smallest absolute Gasteiger partial charge is 0.237 e. The van der Waals surface area contributed by atoms with Crippen molar-refractivity contribution in [2.75, 3.05) is 6.54 Å². The van der Waals surface area contributed by atoms with Crippen LogP contribution >= 0.6 is 0 Å². The van der Waals surface area contributed by atoms with E-state index in [0.29, 0.717) is 19.4 Å². The number of carbonyl (C=O) groups excluding carboxylic acids is 3. The van der Waals surface area contributed by atoms with Gasteiger partial charge in [-0.1, -0.05) is 20.3 Å². The van der Waals surface area contributed by atoms with Gasteiger partial charge in [0.2, 0.25) is 17.7 Å². The standard InChI is InChI=1S/C14H23N3O3/c1-13(2)8-10(18)17(12(13)20)7-5-9-4-3-6-14(9,16)11(15)19/h9H,3-8,16H2,1-2H3,(H2,15,19). The minimum Gasteiger partial charge on any atom is -0.368 e. The highest BCUT2D eigenvalue weighted by Crippen LogP contribution is 2.37. The number of nitrogens with zero attached hydrogens (tertiary/aromatic N) is 1. The molecule has 2 aliphatic rings.